The van der Waals surface area contributed by atoms with Crippen LogP contribution in [0.1, 0.15) is 57.9 Å². The molecule has 0 bridgehead atoms. The first-order valence-electron chi connectivity index (χ1n) is 12.5. The fourth-order valence-corrected chi connectivity index (χ4v) is 5.37. The molecule has 2 aliphatic rings. The van der Waals surface area contributed by atoms with Crippen LogP contribution in [0.15, 0.2) is 24.3 Å². The van der Waals surface area contributed by atoms with Crippen LogP contribution in [0.2, 0.25) is 0 Å². The number of piperidine rings is 1. The molecular weight excluding hydrogens is 368 g/mol. The zero-order valence-electron chi connectivity index (χ0n) is 20.2. The molecule has 3 rings (SSSR count). The molecule has 4 nitrogen and oxygen atoms in total. The lowest BCUT2D eigenvalue weighted by Crippen LogP contribution is -2.44. The highest BCUT2D eigenvalue weighted by Crippen LogP contribution is 2.24. The molecule has 0 aromatic heterocycles. The van der Waals surface area contributed by atoms with E-state index in [-0.39, 0.29) is 0 Å². The third kappa shape index (κ3) is 6.96. The van der Waals surface area contributed by atoms with Gasteiger partial charge in [-0.1, -0.05) is 38.8 Å². The first kappa shape index (κ1) is 23.6. The van der Waals surface area contributed by atoms with Gasteiger partial charge >= 0.3 is 0 Å². The van der Waals surface area contributed by atoms with Gasteiger partial charge in [0.05, 0.1) is 0 Å². The van der Waals surface area contributed by atoms with Crippen LogP contribution in [0, 0.1) is 5.92 Å². The topological polar surface area (TPSA) is 13.0 Å². The Morgan fingerprint density at radius 1 is 0.900 bits per heavy atom. The van der Waals surface area contributed by atoms with E-state index < -0.39 is 0 Å². The predicted molar refractivity (Wildman–Crippen MR) is 130 cm³/mol. The van der Waals surface area contributed by atoms with Crippen molar-refractivity contribution in [3.05, 3.63) is 29.8 Å². The highest BCUT2D eigenvalue weighted by molar-refractivity contribution is 5.48. The van der Waals surface area contributed by atoms with Crippen LogP contribution in [-0.4, -0.2) is 80.7 Å². The minimum atomic E-state index is 0.831. The van der Waals surface area contributed by atoms with Crippen molar-refractivity contribution < 1.29 is 0 Å². The molecule has 2 saturated heterocycles. The van der Waals surface area contributed by atoms with Crippen LogP contribution < -0.4 is 4.90 Å². The highest BCUT2D eigenvalue weighted by Gasteiger charge is 2.25. The maximum absolute atomic E-state index is 2.79. The molecule has 1 aromatic rings. The number of piperazine rings is 1. The van der Waals surface area contributed by atoms with Crippen LogP contribution in [0.5, 0.6) is 0 Å². The summed E-state index contributed by atoms with van der Waals surface area (Å²) in [6, 6.07) is 10.2. The average Bonchev–Trinajstić information content (AvgIpc) is 2.75. The molecule has 1 aromatic carbocycles. The van der Waals surface area contributed by atoms with Crippen molar-refractivity contribution in [2.75, 3.05) is 64.8 Å². The van der Waals surface area contributed by atoms with Gasteiger partial charge in [-0.2, -0.15) is 0 Å². The van der Waals surface area contributed by atoms with E-state index in [1.54, 1.807) is 0 Å². The van der Waals surface area contributed by atoms with Crippen LogP contribution >= 0.6 is 0 Å². The third-order valence-electron chi connectivity index (χ3n) is 7.24. The normalized spacial score (nSPS) is 19.9. The number of anilines is 1. The smallest absolute Gasteiger partial charge is 0.0367 e. The second-order valence-corrected chi connectivity index (χ2v) is 9.86. The molecule has 170 valence electrons. The maximum atomic E-state index is 2.79. The number of likely N-dealkylation sites (N-methyl/N-ethyl adjacent to an activating group) is 1. The Bertz CT molecular complexity index is 580. The van der Waals surface area contributed by atoms with Crippen molar-refractivity contribution in [3.63, 3.8) is 0 Å². The van der Waals surface area contributed by atoms with Gasteiger partial charge in [-0.3, -0.25) is 0 Å². The molecule has 0 atom stereocenters. The van der Waals surface area contributed by atoms with E-state index in [1.807, 2.05) is 0 Å². The number of rotatable bonds is 10. The second kappa shape index (κ2) is 12.1. The fraction of sp³-hybridized carbons (Fsp3) is 0.769. The van der Waals surface area contributed by atoms with Crippen molar-refractivity contribution in [1.82, 2.24) is 14.7 Å². The Morgan fingerprint density at radius 2 is 1.50 bits per heavy atom. The lowest BCUT2D eigenvalue weighted by molar-refractivity contribution is 0.104. The maximum Gasteiger partial charge on any atom is 0.0367 e. The summed E-state index contributed by atoms with van der Waals surface area (Å²) >= 11 is 0. The SMILES string of the molecule is CCCC(CCC)N1CCC(CN(C)Cc2ccc(N3CCN(C)CC3)cc2)CC1. The van der Waals surface area contributed by atoms with Gasteiger partial charge in [-0.15, -0.1) is 0 Å². The first-order valence-corrected chi connectivity index (χ1v) is 12.5. The van der Waals surface area contributed by atoms with Gasteiger partial charge in [-0.05, 0) is 76.5 Å². The van der Waals surface area contributed by atoms with Crippen molar-refractivity contribution in [3.8, 4) is 0 Å². The lowest BCUT2D eigenvalue weighted by atomic mass is 9.93. The predicted octanol–water partition coefficient (Wildman–Crippen LogP) is 4.55. The second-order valence-electron chi connectivity index (χ2n) is 9.86. The monoisotopic (exact) mass is 414 g/mol. The van der Waals surface area contributed by atoms with E-state index in [0.29, 0.717) is 0 Å². The zero-order valence-corrected chi connectivity index (χ0v) is 20.2. The molecule has 0 amide bonds. The van der Waals surface area contributed by atoms with Crippen molar-refractivity contribution >= 4 is 5.69 Å². The Morgan fingerprint density at radius 3 is 2.07 bits per heavy atom. The number of benzene rings is 1. The molecule has 0 N–H and O–H groups in total. The van der Waals surface area contributed by atoms with E-state index in [0.717, 1.165) is 31.6 Å². The molecule has 0 spiro atoms. The summed E-state index contributed by atoms with van der Waals surface area (Å²) in [5, 5.41) is 0. The van der Waals surface area contributed by atoms with Crippen molar-refractivity contribution in [2.45, 2.75) is 65.0 Å². The summed E-state index contributed by atoms with van der Waals surface area (Å²) in [5.74, 6) is 0.861. The molecule has 2 heterocycles. The Kier molecular flexibility index (Phi) is 9.48. The summed E-state index contributed by atoms with van der Waals surface area (Å²) in [6.45, 7) is 14.2. The number of hydrogen-bond acceptors (Lipinski definition) is 4. The molecule has 4 heteroatoms. The van der Waals surface area contributed by atoms with Gasteiger partial charge < -0.3 is 19.6 Å². The standard InChI is InChI=1S/C26H46N4/c1-5-7-25(8-6-2)29-15-13-24(14-16-29)22-28(4)21-23-9-11-26(12-10-23)30-19-17-27(3)18-20-30/h9-12,24-25H,5-8,13-22H2,1-4H3. The summed E-state index contributed by atoms with van der Waals surface area (Å²) in [5.41, 5.74) is 2.83. The fourth-order valence-electron chi connectivity index (χ4n) is 5.37. The summed E-state index contributed by atoms with van der Waals surface area (Å²) in [6.07, 6.45) is 8.14. The van der Waals surface area contributed by atoms with Crippen molar-refractivity contribution in [2.24, 2.45) is 5.92 Å². The van der Waals surface area contributed by atoms with Crippen LogP contribution in [-0.2, 0) is 6.54 Å². The van der Waals surface area contributed by atoms with E-state index >= 15 is 0 Å². The molecule has 0 unspecified atom stereocenters. The van der Waals surface area contributed by atoms with Gasteiger partial charge in [0.25, 0.3) is 0 Å². The zero-order chi connectivity index (χ0) is 21.3. The Balaban J connectivity index is 1.41. The summed E-state index contributed by atoms with van der Waals surface area (Å²) in [4.78, 5) is 10.3. The number of likely N-dealkylation sites (tertiary alicyclic amines) is 1. The Labute approximate surface area is 186 Å². The van der Waals surface area contributed by atoms with E-state index in [4.69, 9.17) is 0 Å². The largest absolute Gasteiger partial charge is 0.369 e. The molecule has 0 radical (unpaired) electrons. The minimum Gasteiger partial charge on any atom is -0.369 e. The van der Waals surface area contributed by atoms with E-state index in [9.17, 15) is 0 Å². The van der Waals surface area contributed by atoms with Gasteiger partial charge in [0.2, 0.25) is 0 Å². The first-order chi connectivity index (χ1) is 14.6. The Hall–Kier alpha value is -1.10. The molecule has 2 aliphatic heterocycles. The van der Waals surface area contributed by atoms with Crippen molar-refractivity contribution in [1.29, 1.82) is 0 Å². The average molecular weight is 415 g/mol. The van der Waals surface area contributed by atoms with Crippen LogP contribution in [0.25, 0.3) is 0 Å². The summed E-state index contributed by atoms with van der Waals surface area (Å²) < 4.78 is 0. The molecule has 2 fully saturated rings. The minimum absolute atomic E-state index is 0.831. The van der Waals surface area contributed by atoms with E-state index in [1.165, 1.54) is 82.5 Å². The molecular formula is C26H46N4. The van der Waals surface area contributed by atoms with Crippen LogP contribution in [0.4, 0.5) is 5.69 Å². The lowest BCUT2D eigenvalue weighted by Gasteiger charge is -2.38. The third-order valence-corrected chi connectivity index (χ3v) is 7.24. The van der Waals surface area contributed by atoms with Gasteiger partial charge in [0.15, 0.2) is 0 Å². The van der Waals surface area contributed by atoms with Crippen LogP contribution in [0.3, 0.4) is 0 Å². The molecule has 0 aliphatic carbocycles. The van der Waals surface area contributed by atoms with Gasteiger partial charge in [0, 0.05) is 51.0 Å². The number of hydrogen-bond donors (Lipinski definition) is 0. The molecule has 30 heavy (non-hydrogen) atoms. The van der Waals surface area contributed by atoms with E-state index in [2.05, 4.69) is 71.8 Å². The summed E-state index contributed by atoms with van der Waals surface area (Å²) in [7, 11) is 4.52. The van der Waals surface area contributed by atoms with Gasteiger partial charge in [0.1, 0.15) is 0 Å². The molecule has 0 saturated carbocycles. The highest BCUT2D eigenvalue weighted by atomic mass is 15.2. The van der Waals surface area contributed by atoms with Gasteiger partial charge in [-0.25, -0.2) is 0 Å². The quantitative estimate of drug-likeness (QED) is 0.557. The number of nitrogens with zero attached hydrogens (tertiary/aromatic N) is 4.